The summed E-state index contributed by atoms with van der Waals surface area (Å²) in [5.41, 5.74) is 9.97. The van der Waals surface area contributed by atoms with Gasteiger partial charge in [0.15, 0.2) is 5.78 Å². The van der Waals surface area contributed by atoms with Gasteiger partial charge in [-0.05, 0) is 55.0 Å². The maximum atomic E-state index is 13.2. The van der Waals surface area contributed by atoms with Crippen LogP contribution in [-0.4, -0.2) is 32.0 Å². The fourth-order valence-electron chi connectivity index (χ4n) is 3.06. The highest BCUT2D eigenvalue weighted by molar-refractivity contribution is 6.35. The summed E-state index contributed by atoms with van der Waals surface area (Å²) in [4.78, 5) is 25.5. The molecule has 1 amide bonds. The van der Waals surface area contributed by atoms with Gasteiger partial charge in [-0.3, -0.25) is 9.59 Å². The van der Waals surface area contributed by atoms with E-state index in [-0.39, 0.29) is 11.7 Å². The number of ether oxygens (including phenoxy) is 1. The second-order valence-corrected chi connectivity index (χ2v) is 7.42. The average molecular weight is 438 g/mol. The number of nitrogens with two attached hydrogens (primary N) is 1. The number of ketones is 1. The van der Waals surface area contributed by atoms with Gasteiger partial charge in [0.2, 0.25) is 0 Å². The van der Waals surface area contributed by atoms with Gasteiger partial charge in [0.1, 0.15) is 0 Å². The molecule has 0 aliphatic heterocycles. The lowest BCUT2D eigenvalue weighted by atomic mass is 9.96. The minimum Gasteiger partial charge on any atom is -0.397 e. The van der Waals surface area contributed by atoms with Crippen LogP contribution in [-0.2, 0) is 4.74 Å². The quantitative estimate of drug-likeness (QED) is 0.272. The zero-order valence-electron chi connectivity index (χ0n) is 17.4. The van der Waals surface area contributed by atoms with Crippen LogP contribution in [0.3, 0.4) is 0 Å². The molecule has 0 aliphatic rings. The number of benzene rings is 3. The minimum atomic E-state index is -0.266. The Balaban J connectivity index is 1.83. The largest absolute Gasteiger partial charge is 0.397 e. The summed E-state index contributed by atoms with van der Waals surface area (Å²) in [5.74, 6) is -0.517. The van der Waals surface area contributed by atoms with E-state index in [4.69, 9.17) is 22.1 Å². The number of carbonyl (C=O) groups excluding carboxylic acids is 2. The Hall–Kier alpha value is -3.35. The summed E-state index contributed by atoms with van der Waals surface area (Å²) >= 11 is 6.43. The zero-order chi connectivity index (χ0) is 22.4. The maximum absolute atomic E-state index is 13.2. The van der Waals surface area contributed by atoms with Crippen LogP contribution in [0.25, 0.3) is 0 Å². The van der Waals surface area contributed by atoms with Crippen LogP contribution >= 0.6 is 11.6 Å². The van der Waals surface area contributed by atoms with Crippen LogP contribution in [0.15, 0.2) is 60.7 Å². The van der Waals surface area contributed by atoms with E-state index in [1.807, 2.05) is 25.1 Å². The lowest BCUT2D eigenvalue weighted by molar-refractivity contribution is 0.0937. The number of nitrogen functional groups attached to an aromatic ring is 1. The van der Waals surface area contributed by atoms with Gasteiger partial charge < -0.3 is 21.1 Å². The van der Waals surface area contributed by atoms with Crippen molar-refractivity contribution in [1.29, 1.82) is 0 Å². The van der Waals surface area contributed by atoms with Crippen LogP contribution in [0.2, 0.25) is 5.02 Å². The van der Waals surface area contributed by atoms with Gasteiger partial charge in [-0.1, -0.05) is 29.8 Å². The first-order chi connectivity index (χ1) is 14.9. The van der Waals surface area contributed by atoms with Crippen molar-refractivity contribution in [3.05, 3.63) is 87.9 Å². The lowest BCUT2D eigenvalue weighted by Crippen LogP contribution is -2.27. The number of carbonyl (C=O) groups is 2. The monoisotopic (exact) mass is 437 g/mol. The summed E-state index contributed by atoms with van der Waals surface area (Å²) in [7, 11) is 1.56. The molecule has 3 aromatic carbocycles. The van der Waals surface area contributed by atoms with E-state index in [0.29, 0.717) is 46.2 Å². The third kappa shape index (κ3) is 5.42. The molecule has 0 saturated carbocycles. The van der Waals surface area contributed by atoms with Crippen LogP contribution in [0.1, 0.15) is 31.8 Å². The molecule has 0 aliphatic carbocycles. The number of amides is 1. The molecule has 0 atom stereocenters. The molecule has 0 unspecified atom stereocenters. The van der Waals surface area contributed by atoms with Gasteiger partial charge in [0.05, 0.1) is 23.0 Å². The van der Waals surface area contributed by atoms with Crippen molar-refractivity contribution < 1.29 is 14.3 Å². The smallest absolute Gasteiger partial charge is 0.251 e. The number of rotatable bonds is 8. The van der Waals surface area contributed by atoms with Crippen molar-refractivity contribution in [3.63, 3.8) is 0 Å². The van der Waals surface area contributed by atoms with Gasteiger partial charge >= 0.3 is 0 Å². The highest BCUT2D eigenvalue weighted by Crippen LogP contribution is 2.28. The van der Waals surface area contributed by atoms with Crippen molar-refractivity contribution in [3.8, 4) is 0 Å². The highest BCUT2D eigenvalue weighted by Gasteiger charge is 2.18. The van der Waals surface area contributed by atoms with E-state index in [1.54, 1.807) is 49.6 Å². The molecule has 6 nitrogen and oxygen atoms in total. The highest BCUT2D eigenvalue weighted by atomic mass is 35.5. The molecule has 0 saturated heterocycles. The molecule has 0 spiro atoms. The molecule has 7 heteroatoms. The summed E-state index contributed by atoms with van der Waals surface area (Å²) in [6.07, 6.45) is 0. The second-order valence-electron chi connectivity index (χ2n) is 7.01. The molecule has 3 rings (SSSR count). The van der Waals surface area contributed by atoms with E-state index in [9.17, 15) is 9.59 Å². The predicted molar refractivity (Wildman–Crippen MR) is 124 cm³/mol. The van der Waals surface area contributed by atoms with E-state index in [1.165, 1.54) is 0 Å². The molecule has 3 aromatic rings. The van der Waals surface area contributed by atoms with Gasteiger partial charge in [0.25, 0.3) is 5.91 Å². The first-order valence-corrected chi connectivity index (χ1v) is 10.1. The summed E-state index contributed by atoms with van der Waals surface area (Å²) in [5, 5.41) is 6.25. The number of hydrogen-bond donors (Lipinski definition) is 3. The Kier molecular flexibility index (Phi) is 7.28. The van der Waals surface area contributed by atoms with Gasteiger partial charge in [-0.15, -0.1) is 0 Å². The lowest BCUT2D eigenvalue weighted by Gasteiger charge is -2.12. The van der Waals surface area contributed by atoms with E-state index in [2.05, 4.69) is 10.6 Å². The minimum absolute atomic E-state index is 0.250. The molecule has 0 radical (unpaired) electrons. The number of aryl methyl sites for hydroxylation is 1. The Morgan fingerprint density at radius 1 is 1.03 bits per heavy atom. The van der Waals surface area contributed by atoms with Crippen LogP contribution in [0.5, 0.6) is 0 Å². The van der Waals surface area contributed by atoms with Crippen LogP contribution in [0, 0.1) is 6.92 Å². The number of hydrogen-bond acceptors (Lipinski definition) is 5. The number of methoxy groups -OCH3 is 1. The molecular weight excluding hydrogens is 414 g/mol. The van der Waals surface area contributed by atoms with E-state index in [0.717, 1.165) is 11.3 Å². The Labute approximate surface area is 186 Å². The van der Waals surface area contributed by atoms with Crippen molar-refractivity contribution in [1.82, 2.24) is 5.32 Å². The summed E-state index contributed by atoms with van der Waals surface area (Å²) in [6, 6.07) is 17.5. The second kappa shape index (κ2) is 10.1. The van der Waals surface area contributed by atoms with Crippen molar-refractivity contribution >= 4 is 40.4 Å². The molecule has 160 valence electrons. The fraction of sp³-hybridized carbons (Fsp3) is 0.167. The SMILES string of the molecule is COCCNC(=O)c1ccc(C)c(C(=O)c2ccc(Nc3ccccc3N)cc2Cl)c1. The number of para-hydroxylation sites is 2. The third-order valence-electron chi connectivity index (χ3n) is 4.79. The number of halogens is 1. The first kappa shape index (κ1) is 22.3. The molecule has 31 heavy (non-hydrogen) atoms. The first-order valence-electron chi connectivity index (χ1n) is 9.74. The van der Waals surface area contributed by atoms with Crippen molar-refractivity contribution in [2.45, 2.75) is 6.92 Å². The molecule has 0 bridgehead atoms. The molecule has 0 fully saturated rings. The standard InChI is InChI=1S/C24H24ClN3O3/c1-15-7-8-16(24(30)27-11-12-31-2)13-19(15)23(29)18-10-9-17(14-20(18)25)28-22-6-4-3-5-21(22)26/h3-10,13-14,28H,11-12,26H2,1-2H3,(H,27,30). The number of nitrogens with one attached hydrogen (secondary N) is 2. The average Bonchev–Trinajstić information content (AvgIpc) is 2.75. The molecule has 0 heterocycles. The predicted octanol–water partition coefficient (Wildman–Crippen LogP) is 4.58. The Bertz CT molecular complexity index is 1110. The summed E-state index contributed by atoms with van der Waals surface area (Å²) in [6.45, 7) is 2.62. The zero-order valence-corrected chi connectivity index (χ0v) is 18.1. The molecule has 0 aromatic heterocycles. The fourth-order valence-corrected chi connectivity index (χ4v) is 3.33. The molecular formula is C24H24ClN3O3. The summed E-state index contributed by atoms with van der Waals surface area (Å²) < 4.78 is 4.94. The van der Waals surface area contributed by atoms with Gasteiger partial charge in [-0.25, -0.2) is 0 Å². The Morgan fingerprint density at radius 2 is 1.81 bits per heavy atom. The number of anilines is 3. The van der Waals surface area contributed by atoms with Crippen LogP contribution in [0.4, 0.5) is 17.1 Å². The van der Waals surface area contributed by atoms with Gasteiger partial charge in [-0.2, -0.15) is 0 Å². The Morgan fingerprint density at radius 3 is 2.52 bits per heavy atom. The van der Waals surface area contributed by atoms with Crippen molar-refractivity contribution in [2.75, 3.05) is 31.3 Å². The third-order valence-corrected chi connectivity index (χ3v) is 5.10. The normalized spacial score (nSPS) is 10.5. The van der Waals surface area contributed by atoms with Crippen LogP contribution < -0.4 is 16.4 Å². The topological polar surface area (TPSA) is 93.4 Å². The van der Waals surface area contributed by atoms with Crippen molar-refractivity contribution in [2.24, 2.45) is 0 Å². The van der Waals surface area contributed by atoms with E-state index >= 15 is 0 Å². The maximum Gasteiger partial charge on any atom is 0.251 e. The van der Waals surface area contributed by atoms with E-state index < -0.39 is 0 Å². The van der Waals surface area contributed by atoms with Gasteiger partial charge in [0, 0.05) is 36.0 Å². The molecule has 4 N–H and O–H groups in total.